The molecule has 1 aliphatic heterocycles. The summed E-state index contributed by atoms with van der Waals surface area (Å²) in [6.07, 6.45) is 1.38. The minimum Gasteiger partial charge on any atom is -0.461 e. The van der Waals surface area contributed by atoms with Crippen LogP contribution in [0.15, 0.2) is 0 Å². The van der Waals surface area contributed by atoms with Crippen LogP contribution in [-0.4, -0.2) is 34.5 Å². The van der Waals surface area contributed by atoms with Crippen LogP contribution in [0.3, 0.4) is 0 Å². The Morgan fingerprint density at radius 2 is 2.07 bits per heavy atom. The van der Waals surface area contributed by atoms with Gasteiger partial charge in [-0.1, -0.05) is 6.92 Å². The zero-order chi connectivity index (χ0) is 11.4. The highest BCUT2D eigenvalue weighted by Crippen LogP contribution is 2.26. The molecule has 1 heterocycles. The van der Waals surface area contributed by atoms with E-state index in [9.17, 15) is 15.0 Å². The highest BCUT2D eigenvalue weighted by Gasteiger charge is 2.38. The lowest BCUT2D eigenvalue weighted by molar-refractivity contribution is -0.183. The van der Waals surface area contributed by atoms with E-state index in [0.717, 1.165) is 0 Å². The molecule has 0 radical (unpaired) electrons. The number of esters is 1. The minimum absolute atomic E-state index is 0.0340. The van der Waals surface area contributed by atoms with Gasteiger partial charge in [-0.3, -0.25) is 4.79 Å². The van der Waals surface area contributed by atoms with Gasteiger partial charge in [0.2, 0.25) is 0 Å². The molecule has 4 nitrogen and oxygen atoms in total. The van der Waals surface area contributed by atoms with E-state index in [1.165, 1.54) is 0 Å². The zero-order valence-electron chi connectivity index (χ0n) is 9.35. The van der Waals surface area contributed by atoms with Crippen molar-refractivity contribution < 1.29 is 19.7 Å². The van der Waals surface area contributed by atoms with E-state index in [0.29, 0.717) is 25.7 Å². The maximum absolute atomic E-state index is 10.8. The summed E-state index contributed by atoms with van der Waals surface area (Å²) in [5, 5.41) is 18.9. The average Bonchev–Trinajstić information content (AvgIpc) is 2.23. The molecule has 0 bridgehead atoms. The Labute approximate surface area is 90.2 Å². The number of hydrogen-bond donors (Lipinski definition) is 2. The molecule has 0 saturated carbocycles. The number of carbonyl (C=O) groups excluding carboxylic acids is 1. The Balaban J connectivity index is 2.12. The molecule has 0 aromatic carbocycles. The van der Waals surface area contributed by atoms with Gasteiger partial charge in [0.1, 0.15) is 6.10 Å². The van der Waals surface area contributed by atoms with Crippen molar-refractivity contribution >= 4 is 5.97 Å². The lowest BCUT2D eigenvalue weighted by Crippen LogP contribution is -2.43. The molecule has 0 aliphatic carbocycles. The first-order chi connectivity index (χ1) is 7.04. The quantitative estimate of drug-likeness (QED) is 0.646. The highest BCUT2D eigenvalue weighted by molar-refractivity contribution is 5.77. The van der Waals surface area contributed by atoms with Gasteiger partial charge >= 0.3 is 5.97 Å². The minimum atomic E-state index is -0.494. The maximum atomic E-state index is 10.8. The molecule has 4 heteroatoms. The van der Waals surface area contributed by atoms with Gasteiger partial charge < -0.3 is 14.9 Å². The van der Waals surface area contributed by atoms with Gasteiger partial charge in [-0.05, 0) is 32.6 Å². The van der Waals surface area contributed by atoms with Crippen molar-refractivity contribution in [1.29, 1.82) is 0 Å². The van der Waals surface area contributed by atoms with Crippen LogP contribution in [0.25, 0.3) is 0 Å². The van der Waals surface area contributed by atoms with Crippen LogP contribution in [0.1, 0.15) is 39.5 Å². The Hall–Kier alpha value is -0.610. The molecule has 15 heavy (non-hydrogen) atoms. The predicted octanol–water partition coefficient (Wildman–Crippen LogP) is 0.850. The van der Waals surface area contributed by atoms with E-state index in [1.54, 1.807) is 0 Å². The maximum Gasteiger partial charge on any atom is 0.312 e. The first-order valence-electron chi connectivity index (χ1n) is 5.61. The standard InChI is InChI=1S/C11H20O4/c1-3-8(12)6-9(13)4-5-10-7(2)11(14)15-10/h7-10,12-13H,3-6H2,1-2H3/t7-,8+,9-,10-/m1/s1. The fraction of sp³-hybridized carbons (Fsp3) is 0.909. The van der Waals surface area contributed by atoms with E-state index < -0.39 is 12.2 Å². The summed E-state index contributed by atoms with van der Waals surface area (Å²) in [6.45, 7) is 3.72. The summed E-state index contributed by atoms with van der Waals surface area (Å²) in [4.78, 5) is 10.8. The SMILES string of the molecule is CC[C@H](O)C[C@H](O)CC[C@H]1OC(=O)[C@@H]1C. The summed E-state index contributed by atoms with van der Waals surface area (Å²) >= 11 is 0. The molecule has 0 unspecified atom stereocenters. The zero-order valence-corrected chi connectivity index (χ0v) is 9.35. The molecule has 88 valence electrons. The van der Waals surface area contributed by atoms with Gasteiger partial charge in [-0.15, -0.1) is 0 Å². The van der Waals surface area contributed by atoms with E-state index in [1.807, 2.05) is 13.8 Å². The first kappa shape index (κ1) is 12.5. The second kappa shape index (κ2) is 5.47. The molecule has 1 rings (SSSR count). The molecule has 4 atom stereocenters. The Bertz CT molecular complexity index is 217. The van der Waals surface area contributed by atoms with Gasteiger partial charge in [0.05, 0.1) is 18.1 Å². The fourth-order valence-electron chi connectivity index (χ4n) is 1.70. The molecule has 0 spiro atoms. The van der Waals surface area contributed by atoms with Crippen LogP contribution in [0.5, 0.6) is 0 Å². The van der Waals surface area contributed by atoms with Crippen molar-refractivity contribution in [3.05, 3.63) is 0 Å². The third kappa shape index (κ3) is 3.47. The van der Waals surface area contributed by atoms with Crippen LogP contribution in [0.4, 0.5) is 0 Å². The van der Waals surface area contributed by atoms with E-state index in [4.69, 9.17) is 4.74 Å². The molecule has 1 fully saturated rings. The topological polar surface area (TPSA) is 66.8 Å². The molecular formula is C11H20O4. The predicted molar refractivity (Wildman–Crippen MR) is 55.2 cm³/mol. The number of carbonyl (C=O) groups is 1. The van der Waals surface area contributed by atoms with Crippen LogP contribution < -0.4 is 0 Å². The molecule has 0 aromatic rings. The lowest BCUT2D eigenvalue weighted by atomic mass is 9.93. The van der Waals surface area contributed by atoms with Gasteiger partial charge in [-0.2, -0.15) is 0 Å². The van der Waals surface area contributed by atoms with Crippen molar-refractivity contribution in [1.82, 2.24) is 0 Å². The summed E-state index contributed by atoms with van der Waals surface area (Å²) in [7, 11) is 0. The Morgan fingerprint density at radius 3 is 2.53 bits per heavy atom. The second-order valence-corrected chi connectivity index (χ2v) is 4.29. The molecule has 1 saturated heterocycles. The van der Waals surface area contributed by atoms with Crippen molar-refractivity contribution in [3.63, 3.8) is 0 Å². The number of ether oxygens (including phenoxy) is 1. The van der Waals surface area contributed by atoms with Gasteiger partial charge in [0.25, 0.3) is 0 Å². The molecular weight excluding hydrogens is 196 g/mol. The summed E-state index contributed by atoms with van der Waals surface area (Å²) in [5.74, 6) is -0.184. The number of aliphatic hydroxyl groups excluding tert-OH is 2. The average molecular weight is 216 g/mol. The molecule has 0 aromatic heterocycles. The van der Waals surface area contributed by atoms with Crippen LogP contribution in [-0.2, 0) is 9.53 Å². The van der Waals surface area contributed by atoms with Gasteiger partial charge in [-0.25, -0.2) is 0 Å². The largest absolute Gasteiger partial charge is 0.461 e. The highest BCUT2D eigenvalue weighted by atomic mass is 16.6. The third-order valence-electron chi connectivity index (χ3n) is 3.00. The Kier molecular flexibility index (Phi) is 4.54. The summed E-state index contributed by atoms with van der Waals surface area (Å²) in [5.41, 5.74) is 0. The fourth-order valence-corrected chi connectivity index (χ4v) is 1.70. The van der Waals surface area contributed by atoms with Gasteiger partial charge in [0.15, 0.2) is 0 Å². The summed E-state index contributed by atoms with van der Waals surface area (Å²) in [6, 6.07) is 0. The molecule has 1 aliphatic rings. The van der Waals surface area contributed by atoms with Crippen LogP contribution in [0, 0.1) is 5.92 Å². The van der Waals surface area contributed by atoms with E-state index in [-0.39, 0.29) is 18.0 Å². The monoisotopic (exact) mass is 216 g/mol. The number of rotatable bonds is 6. The van der Waals surface area contributed by atoms with Gasteiger partial charge in [0, 0.05) is 0 Å². The van der Waals surface area contributed by atoms with E-state index in [2.05, 4.69) is 0 Å². The normalized spacial score (nSPS) is 29.2. The number of aliphatic hydroxyl groups is 2. The lowest BCUT2D eigenvalue weighted by Gasteiger charge is -2.33. The Morgan fingerprint density at radius 1 is 1.40 bits per heavy atom. The second-order valence-electron chi connectivity index (χ2n) is 4.29. The van der Waals surface area contributed by atoms with Crippen LogP contribution in [0.2, 0.25) is 0 Å². The third-order valence-corrected chi connectivity index (χ3v) is 3.00. The van der Waals surface area contributed by atoms with Crippen molar-refractivity contribution in [2.45, 2.75) is 57.8 Å². The number of hydrogen-bond acceptors (Lipinski definition) is 4. The van der Waals surface area contributed by atoms with Crippen molar-refractivity contribution in [3.8, 4) is 0 Å². The molecule has 2 N–H and O–H groups in total. The summed E-state index contributed by atoms with van der Waals surface area (Å²) < 4.78 is 4.92. The smallest absolute Gasteiger partial charge is 0.312 e. The number of cyclic esters (lactones) is 1. The first-order valence-corrected chi connectivity index (χ1v) is 5.61. The molecule has 0 amide bonds. The van der Waals surface area contributed by atoms with Crippen molar-refractivity contribution in [2.24, 2.45) is 5.92 Å². The van der Waals surface area contributed by atoms with Crippen LogP contribution >= 0.6 is 0 Å². The van der Waals surface area contributed by atoms with E-state index >= 15 is 0 Å². The van der Waals surface area contributed by atoms with Crippen molar-refractivity contribution in [2.75, 3.05) is 0 Å².